The van der Waals surface area contributed by atoms with E-state index in [2.05, 4.69) is 4.99 Å². The van der Waals surface area contributed by atoms with Crippen LogP contribution >= 0.6 is 0 Å². The van der Waals surface area contributed by atoms with E-state index in [9.17, 15) is 31.1 Å². The Morgan fingerprint density at radius 1 is 1.03 bits per heavy atom. The third-order valence-electron chi connectivity index (χ3n) is 5.22. The van der Waals surface area contributed by atoms with Gasteiger partial charge in [-0.1, -0.05) is 30.3 Å². The highest BCUT2D eigenvalue weighted by Gasteiger charge is 2.40. The van der Waals surface area contributed by atoms with Gasteiger partial charge in [0.25, 0.3) is 0 Å². The van der Waals surface area contributed by atoms with Crippen LogP contribution in [0, 0.1) is 0 Å². The van der Waals surface area contributed by atoms with Crippen molar-refractivity contribution in [3.8, 4) is 0 Å². The Morgan fingerprint density at radius 3 is 2.16 bits per heavy atom. The Balaban J connectivity index is 1.95. The number of carbonyl (C=O) groups excluding carboxylic acids is 1. The van der Waals surface area contributed by atoms with Crippen molar-refractivity contribution in [3.05, 3.63) is 70.8 Å². The molecule has 172 valence electrons. The largest absolute Gasteiger partial charge is 0.416 e. The molecule has 2 aromatic carbocycles. The van der Waals surface area contributed by atoms with Gasteiger partial charge in [0.1, 0.15) is 0 Å². The lowest BCUT2D eigenvalue weighted by molar-refractivity contribution is -0.200. The lowest BCUT2D eigenvalue weighted by atomic mass is 9.87. The van der Waals surface area contributed by atoms with E-state index in [4.69, 9.17) is 9.47 Å². The number of benzene rings is 2. The van der Waals surface area contributed by atoms with Gasteiger partial charge < -0.3 is 9.47 Å². The molecule has 0 saturated carbocycles. The molecule has 4 atom stereocenters. The first kappa shape index (κ1) is 24.0. The van der Waals surface area contributed by atoms with E-state index in [1.54, 1.807) is 30.3 Å². The quantitative estimate of drug-likeness (QED) is 0.311. The Kier molecular flexibility index (Phi) is 7.07. The van der Waals surface area contributed by atoms with Crippen LogP contribution in [0.5, 0.6) is 0 Å². The Hall–Kier alpha value is -2.68. The summed E-state index contributed by atoms with van der Waals surface area (Å²) >= 11 is 0. The monoisotopic (exact) mass is 459 g/mol. The molecule has 0 radical (unpaired) electrons. The second-order valence-corrected chi connectivity index (χ2v) is 7.37. The van der Waals surface area contributed by atoms with Crippen molar-refractivity contribution in [2.45, 2.75) is 50.1 Å². The summed E-state index contributed by atoms with van der Waals surface area (Å²) in [4.78, 5) is 14.7. The Morgan fingerprint density at radius 2 is 1.62 bits per heavy atom. The molecule has 0 aliphatic carbocycles. The van der Waals surface area contributed by atoms with Crippen LogP contribution in [0.1, 0.15) is 47.6 Å². The number of aliphatic imine (C=N–C) groups is 1. The van der Waals surface area contributed by atoms with E-state index in [1.165, 1.54) is 13.0 Å². The number of rotatable bonds is 5. The van der Waals surface area contributed by atoms with Gasteiger partial charge in [0.2, 0.25) is 6.08 Å². The molecule has 0 N–H and O–H groups in total. The molecular formula is C22H19F6NO3. The van der Waals surface area contributed by atoms with E-state index in [-0.39, 0.29) is 18.2 Å². The second kappa shape index (κ2) is 9.44. The summed E-state index contributed by atoms with van der Waals surface area (Å²) < 4.78 is 90.6. The highest BCUT2D eigenvalue weighted by molar-refractivity contribution is 5.36. The molecule has 0 bridgehead atoms. The SMILES string of the molecule is C[C@@H](O[C@H]1OCC[C@@H](N=C=O)[C@H]1c1ccccc1)c1cc(C(F)(F)F)cc(C(F)(F)F)c1. The van der Waals surface area contributed by atoms with E-state index in [0.717, 1.165) is 0 Å². The number of halogens is 6. The normalized spacial score (nSPS) is 22.8. The lowest BCUT2D eigenvalue weighted by Crippen LogP contribution is -2.39. The zero-order valence-corrected chi connectivity index (χ0v) is 16.8. The van der Waals surface area contributed by atoms with Crippen molar-refractivity contribution >= 4 is 6.08 Å². The van der Waals surface area contributed by atoms with Crippen LogP contribution in [0.2, 0.25) is 0 Å². The summed E-state index contributed by atoms with van der Waals surface area (Å²) in [6, 6.07) is 9.51. The molecule has 1 fully saturated rings. The number of hydrogen-bond donors (Lipinski definition) is 0. The van der Waals surface area contributed by atoms with E-state index in [0.29, 0.717) is 24.1 Å². The highest BCUT2D eigenvalue weighted by Crippen LogP contribution is 2.40. The maximum Gasteiger partial charge on any atom is 0.416 e. The minimum atomic E-state index is -4.96. The van der Waals surface area contributed by atoms with Crippen LogP contribution in [-0.4, -0.2) is 25.0 Å². The van der Waals surface area contributed by atoms with Gasteiger partial charge in [-0.05, 0) is 42.7 Å². The van der Waals surface area contributed by atoms with Crippen molar-refractivity contribution in [1.29, 1.82) is 0 Å². The van der Waals surface area contributed by atoms with Crippen LogP contribution in [-0.2, 0) is 26.6 Å². The first-order chi connectivity index (χ1) is 15.0. The molecule has 32 heavy (non-hydrogen) atoms. The topological polar surface area (TPSA) is 47.9 Å². The van der Waals surface area contributed by atoms with E-state index in [1.807, 2.05) is 0 Å². The van der Waals surface area contributed by atoms with Crippen molar-refractivity contribution in [1.82, 2.24) is 0 Å². The lowest BCUT2D eigenvalue weighted by Gasteiger charge is -2.37. The molecule has 0 aromatic heterocycles. The smallest absolute Gasteiger partial charge is 0.352 e. The fourth-order valence-electron chi connectivity index (χ4n) is 3.65. The summed E-state index contributed by atoms with van der Waals surface area (Å²) in [7, 11) is 0. The van der Waals surface area contributed by atoms with Crippen molar-refractivity contribution < 1.29 is 40.6 Å². The molecular weight excluding hydrogens is 440 g/mol. The predicted octanol–water partition coefficient (Wildman–Crippen LogP) is 6.04. The van der Waals surface area contributed by atoms with Gasteiger partial charge in [0.15, 0.2) is 6.29 Å². The number of nitrogens with zero attached hydrogens (tertiary/aromatic N) is 1. The van der Waals surface area contributed by atoms with Crippen LogP contribution in [0.3, 0.4) is 0 Å². The number of alkyl halides is 6. The number of hydrogen-bond acceptors (Lipinski definition) is 4. The van der Waals surface area contributed by atoms with Crippen molar-refractivity contribution in [2.75, 3.05) is 6.61 Å². The van der Waals surface area contributed by atoms with E-state index >= 15 is 0 Å². The molecule has 0 unspecified atom stereocenters. The molecule has 1 aliphatic heterocycles. The molecule has 1 aliphatic rings. The Labute approximate surface area is 179 Å². The van der Waals surface area contributed by atoms with Crippen LogP contribution < -0.4 is 0 Å². The molecule has 4 nitrogen and oxygen atoms in total. The van der Waals surface area contributed by atoms with Gasteiger partial charge in [-0.2, -0.15) is 26.3 Å². The fraction of sp³-hybridized carbons (Fsp3) is 0.409. The summed E-state index contributed by atoms with van der Waals surface area (Å²) in [5.74, 6) is -0.596. The number of isocyanates is 1. The molecule has 1 saturated heterocycles. The summed E-state index contributed by atoms with van der Waals surface area (Å²) in [5.41, 5.74) is -2.45. The van der Waals surface area contributed by atoms with E-state index < -0.39 is 47.8 Å². The van der Waals surface area contributed by atoms with Gasteiger partial charge in [0, 0.05) is 0 Å². The summed E-state index contributed by atoms with van der Waals surface area (Å²) in [6.45, 7) is 1.49. The Bertz CT molecular complexity index is 938. The summed E-state index contributed by atoms with van der Waals surface area (Å²) in [6.07, 6.45) is -10.3. The van der Waals surface area contributed by atoms with Gasteiger partial charge in [-0.25, -0.2) is 9.79 Å². The van der Waals surface area contributed by atoms with Gasteiger partial charge in [-0.3, -0.25) is 0 Å². The van der Waals surface area contributed by atoms with Crippen molar-refractivity contribution in [3.63, 3.8) is 0 Å². The average Bonchev–Trinajstić information content (AvgIpc) is 2.73. The van der Waals surface area contributed by atoms with Gasteiger partial charge in [-0.15, -0.1) is 0 Å². The van der Waals surface area contributed by atoms with Gasteiger partial charge in [0.05, 0.1) is 35.8 Å². The molecule has 0 amide bonds. The first-order valence-electron chi connectivity index (χ1n) is 9.69. The molecule has 2 aromatic rings. The second-order valence-electron chi connectivity index (χ2n) is 7.37. The standard InChI is InChI=1S/C22H19F6NO3/c1-13(15-9-16(21(23,24)25)11-17(10-15)22(26,27)28)32-20-19(14-5-3-2-4-6-14)18(29-12-30)7-8-31-20/h2-6,9-11,13,18-20H,7-8H2,1H3/t13-,18-,19-,20-/m1/s1. The number of ether oxygens (including phenoxy) is 2. The van der Waals surface area contributed by atoms with Crippen LogP contribution in [0.25, 0.3) is 0 Å². The minimum Gasteiger partial charge on any atom is -0.352 e. The molecule has 3 rings (SSSR count). The van der Waals surface area contributed by atoms with Crippen LogP contribution in [0.4, 0.5) is 26.3 Å². The molecule has 10 heteroatoms. The highest BCUT2D eigenvalue weighted by atomic mass is 19.4. The third-order valence-corrected chi connectivity index (χ3v) is 5.22. The maximum absolute atomic E-state index is 13.2. The first-order valence-corrected chi connectivity index (χ1v) is 9.69. The fourth-order valence-corrected chi connectivity index (χ4v) is 3.65. The minimum absolute atomic E-state index is 0.0644. The summed E-state index contributed by atoms with van der Waals surface area (Å²) in [5, 5.41) is 0. The maximum atomic E-state index is 13.2. The third kappa shape index (κ3) is 5.56. The van der Waals surface area contributed by atoms with Gasteiger partial charge >= 0.3 is 12.4 Å². The van der Waals surface area contributed by atoms with Crippen LogP contribution in [0.15, 0.2) is 53.5 Å². The zero-order valence-electron chi connectivity index (χ0n) is 16.8. The average molecular weight is 459 g/mol. The van der Waals surface area contributed by atoms with Crippen molar-refractivity contribution in [2.24, 2.45) is 4.99 Å². The molecule has 0 spiro atoms. The zero-order chi connectivity index (χ0) is 23.5. The predicted molar refractivity (Wildman–Crippen MR) is 101 cm³/mol. The molecule has 1 heterocycles.